The molecule has 80 valence electrons. The first-order chi connectivity index (χ1) is 7.29. The Morgan fingerprint density at radius 1 is 1.67 bits per heavy atom. The van der Waals surface area contributed by atoms with Gasteiger partial charge in [-0.3, -0.25) is 0 Å². The van der Waals surface area contributed by atoms with Gasteiger partial charge in [0.25, 0.3) is 0 Å². The van der Waals surface area contributed by atoms with Crippen LogP contribution in [0.5, 0.6) is 0 Å². The molecule has 0 saturated carbocycles. The molecule has 0 spiro atoms. The minimum absolute atomic E-state index is 0.466. The summed E-state index contributed by atoms with van der Waals surface area (Å²) in [7, 11) is 0. The van der Waals surface area contributed by atoms with Crippen LogP contribution in [0.2, 0.25) is 0 Å². The quantitative estimate of drug-likeness (QED) is 0.189. The molecule has 6 heteroatoms. The van der Waals surface area contributed by atoms with E-state index >= 15 is 0 Å². The molecule has 15 heavy (non-hydrogen) atoms. The molecule has 0 unspecified atom stereocenters. The highest BCUT2D eigenvalue weighted by atomic mass is 32.1. The van der Waals surface area contributed by atoms with Crippen molar-refractivity contribution >= 4 is 22.9 Å². The molecule has 0 atom stereocenters. The standard InChI is InChI=1S/C9H13N5S/c1-2-3-4-5-8(15)7-6-11-14-13-9(7)12-10/h2,6H,1,3-5,10H2,(H,11,12,13). The number of nitrogens with two attached hydrogens (primary N) is 1. The molecular formula is C9H13N5S. The van der Waals surface area contributed by atoms with Crippen LogP contribution < -0.4 is 11.3 Å². The summed E-state index contributed by atoms with van der Waals surface area (Å²) in [6, 6.07) is 0. The average molecular weight is 223 g/mol. The number of anilines is 1. The molecule has 0 fully saturated rings. The summed E-state index contributed by atoms with van der Waals surface area (Å²) in [5, 5.41) is 10.9. The molecule has 0 saturated heterocycles. The van der Waals surface area contributed by atoms with Gasteiger partial charge in [-0.25, -0.2) is 5.84 Å². The molecule has 1 rings (SSSR count). The third-order valence-electron chi connectivity index (χ3n) is 1.89. The fourth-order valence-corrected chi connectivity index (χ4v) is 1.42. The van der Waals surface area contributed by atoms with Gasteiger partial charge in [0.1, 0.15) is 0 Å². The van der Waals surface area contributed by atoms with E-state index < -0.39 is 0 Å². The van der Waals surface area contributed by atoms with E-state index in [2.05, 4.69) is 27.4 Å². The Kier molecular flexibility index (Phi) is 4.79. The van der Waals surface area contributed by atoms with Gasteiger partial charge < -0.3 is 5.43 Å². The number of unbranched alkanes of at least 4 members (excludes halogenated alkanes) is 1. The molecular weight excluding hydrogens is 210 g/mol. The van der Waals surface area contributed by atoms with Crippen LogP contribution in [0.15, 0.2) is 18.9 Å². The fourth-order valence-electron chi connectivity index (χ4n) is 1.12. The Balaban J connectivity index is 2.68. The third-order valence-corrected chi connectivity index (χ3v) is 2.31. The zero-order valence-corrected chi connectivity index (χ0v) is 9.13. The molecule has 1 heterocycles. The summed E-state index contributed by atoms with van der Waals surface area (Å²) >= 11 is 5.25. The minimum Gasteiger partial charge on any atom is -0.306 e. The third kappa shape index (κ3) is 3.34. The van der Waals surface area contributed by atoms with Crippen molar-refractivity contribution in [3.8, 4) is 0 Å². The number of nitrogen functional groups attached to an aromatic ring is 1. The number of hydrogen-bond donors (Lipinski definition) is 2. The number of thiocarbonyl (C=S) groups is 1. The Hall–Kier alpha value is -1.40. The molecule has 5 nitrogen and oxygen atoms in total. The first-order valence-electron chi connectivity index (χ1n) is 4.58. The average Bonchev–Trinajstić information content (AvgIpc) is 2.29. The molecule has 1 aromatic rings. The zero-order chi connectivity index (χ0) is 11.1. The second kappa shape index (κ2) is 6.15. The maximum Gasteiger partial charge on any atom is 0.174 e. The first kappa shape index (κ1) is 11.7. The van der Waals surface area contributed by atoms with Gasteiger partial charge in [-0.05, 0) is 24.5 Å². The Labute approximate surface area is 93.7 Å². The second-order valence-electron chi connectivity index (χ2n) is 2.94. The minimum atomic E-state index is 0.466. The van der Waals surface area contributed by atoms with Gasteiger partial charge in [0.2, 0.25) is 0 Å². The van der Waals surface area contributed by atoms with Crippen LogP contribution in [-0.2, 0) is 0 Å². The molecule has 3 N–H and O–H groups in total. The topological polar surface area (TPSA) is 76.7 Å². The van der Waals surface area contributed by atoms with Gasteiger partial charge in [-0.2, -0.15) is 0 Å². The van der Waals surface area contributed by atoms with E-state index in [9.17, 15) is 0 Å². The van der Waals surface area contributed by atoms with E-state index in [1.54, 1.807) is 6.20 Å². The van der Waals surface area contributed by atoms with Crippen molar-refractivity contribution in [2.24, 2.45) is 5.84 Å². The summed E-state index contributed by atoms with van der Waals surface area (Å²) < 4.78 is 0. The van der Waals surface area contributed by atoms with Crippen molar-refractivity contribution in [2.75, 3.05) is 5.43 Å². The number of rotatable bonds is 6. The summed E-state index contributed by atoms with van der Waals surface area (Å²) in [4.78, 5) is 0.784. The second-order valence-corrected chi connectivity index (χ2v) is 3.44. The molecule has 0 aliphatic rings. The van der Waals surface area contributed by atoms with Crippen LogP contribution in [-0.4, -0.2) is 20.3 Å². The highest BCUT2D eigenvalue weighted by Crippen LogP contribution is 2.13. The zero-order valence-electron chi connectivity index (χ0n) is 8.31. The summed E-state index contributed by atoms with van der Waals surface area (Å²) in [5.74, 6) is 5.75. The van der Waals surface area contributed by atoms with Gasteiger partial charge in [-0.15, -0.1) is 16.8 Å². The molecule has 0 bridgehead atoms. The van der Waals surface area contributed by atoms with Crippen molar-refractivity contribution in [3.05, 3.63) is 24.4 Å². The van der Waals surface area contributed by atoms with Gasteiger partial charge >= 0.3 is 0 Å². The number of hydrazine groups is 1. The van der Waals surface area contributed by atoms with E-state index in [0.29, 0.717) is 5.82 Å². The van der Waals surface area contributed by atoms with Crippen molar-refractivity contribution in [1.29, 1.82) is 0 Å². The number of nitrogens with one attached hydrogen (secondary N) is 1. The maximum atomic E-state index is 5.29. The lowest BCUT2D eigenvalue weighted by atomic mass is 10.1. The van der Waals surface area contributed by atoms with Gasteiger partial charge in [-0.1, -0.05) is 18.3 Å². The van der Waals surface area contributed by atoms with Crippen LogP contribution in [0.4, 0.5) is 5.82 Å². The van der Waals surface area contributed by atoms with Crippen molar-refractivity contribution in [1.82, 2.24) is 15.4 Å². The number of aromatic nitrogens is 3. The predicted molar refractivity (Wildman–Crippen MR) is 63.4 cm³/mol. The normalized spacial score (nSPS) is 9.67. The number of hydrogen-bond acceptors (Lipinski definition) is 6. The Morgan fingerprint density at radius 2 is 2.47 bits per heavy atom. The van der Waals surface area contributed by atoms with Gasteiger partial charge in [0, 0.05) is 4.86 Å². The molecule has 0 aliphatic carbocycles. The van der Waals surface area contributed by atoms with E-state index in [4.69, 9.17) is 18.1 Å². The van der Waals surface area contributed by atoms with Crippen molar-refractivity contribution in [3.63, 3.8) is 0 Å². The Bertz CT molecular complexity index is 352. The SMILES string of the molecule is C=CCCCC(=S)c1cnnnc1NN. The van der Waals surface area contributed by atoms with Crippen molar-refractivity contribution in [2.45, 2.75) is 19.3 Å². The first-order valence-corrected chi connectivity index (χ1v) is 4.99. The lowest BCUT2D eigenvalue weighted by molar-refractivity contribution is 0.857. The van der Waals surface area contributed by atoms with Crippen LogP contribution >= 0.6 is 12.2 Å². The molecule has 0 aromatic carbocycles. The Morgan fingerprint density at radius 3 is 3.13 bits per heavy atom. The number of nitrogens with zero attached hydrogens (tertiary/aromatic N) is 3. The van der Waals surface area contributed by atoms with Crippen LogP contribution in [0.1, 0.15) is 24.8 Å². The molecule has 1 aromatic heterocycles. The molecule has 0 aliphatic heterocycles. The van der Waals surface area contributed by atoms with Crippen LogP contribution in [0, 0.1) is 0 Å². The van der Waals surface area contributed by atoms with E-state index in [1.807, 2.05) is 6.08 Å². The number of allylic oxidation sites excluding steroid dienone is 1. The van der Waals surface area contributed by atoms with E-state index in [1.165, 1.54) is 0 Å². The predicted octanol–water partition coefficient (Wildman–Crippen LogP) is 1.23. The summed E-state index contributed by atoms with van der Waals surface area (Å²) in [6.07, 6.45) is 6.14. The maximum absolute atomic E-state index is 5.29. The highest BCUT2D eigenvalue weighted by molar-refractivity contribution is 7.80. The van der Waals surface area contributed by atoms with Gasteiger partial charge in [0.15, 0.2) is 5.82 Å². The van der Waals surface area contributed by atoms with Crippen molar-refractivity contribution < 1.29 is 0 Å². The van der Waals surface area contributed by atoms with E-state index in [-0.39, 0.29) is 0 Å². The summed E-state index contributed by atoms with van der Waals surface area (Å²) in [5.41, 5.74) is 3.19. The summed E-state index contributed by atoms with van der Waals surface area (Å²) in [6.45, 7) is 3.65. The molecule has 0 amide bonds. The smallest absolute Gasteiger partial charge is 0.174 e. The van der Waals surface area contributed by atoms with Crippen LogP contribution in [0.3, 0.4) is 0 Å². The van der Waals surface area contributed by atoms with Crippen LogP contribution in [0.25, 0.3) is 0 Å². The van der Waals surface area contributed by atoms with Gasteiger partial charge in [0.05, 0.1) is 11.8 Å². The monoisotopic (exact) mass is 223 g/mol. The lowest BCUT2D eigenvalue weighted by Crippen LogP contribution is -2.14. The molecule has 0 radical (unpaired) electrons. The highest BCUT2D eigenvalue weighted by Gasteiger charge is 2.08. The lowest BCUT2D eigenvalue weighted by Gasteiger charge is -2.06. The largest absolute Gasteiger partial charge is 0.306 e. The fraction of sp³-hybridized carbons (Fsp3) is 0.333. The van der Waals surface area contributed by atoms with E-state index in [0.717, 1.165) is 29.7 Å².